The minimum Gasteiger partial charge on any atom is -0.404 e. The Labute approximate surface area is 116 Å². The van der Waals surface area contributed by atoms with E-state index in [4.69, 9.17) is 0 Å². The number of ether oxygens (including phenoxy) is 1. The van der Waals surface area contributed by atoms with Gasteiger partial charge < -0.3 is 4.74 Å². The van der Waals surface area contributed by atoms with Crippen LogP contribution >= 0.6 is 0 Å². The summed E-state index contributed by atoms with van der Waals surface area (Å²) in [6.07, 6.45) is -4.95. The summed E-state index contributed by atoms with van der Waals surface area (Å²) in [5, 5.41) is 0. The quantitative estimate of drug-likeness (QED) is 0.909. The van der Waals surface area contributed by atoms with Crippen LogP contribution in [0.5, 0.6) is 5.75 Å². The van der Waals surface area contributed by atoms with Crippen LogP contribution in [0.1, 0.15) is 20.8 Å². The van der Waals surface area contributed by atoms with E-state index in [2.05, 4.69) is 9.46 Å². The number of hydrogen-bond acceptors (Lipinski definition) is 3. The van der Waals surface area contributed by atoms with Crippen LogP contribution in [-0.2, 0) is 10.0 Å². The molecule has 1 aromatic rings. The molecule has 0 saturated heterocycles. The van der Waals surface area contributed by atoms with Crippen molar-refractivity contribution in [2.24, 2.45) is 5.92 Å². The Balaban J connectivity index is 3.13. The van der Waals surface area contributed by atoms with Crippen LogP contribution in [0.15, 0.2) is 29.2 Å². The average Bonchev–Trinajstić information content (AvgIpc) is 2.26. The smallest absolute Gasteiger partial charge is 0.404 e. The summed E-state index contributed by atoms with van der Waals surface area (Å²) in [7, 11) is -4.08. The summed E-state index contributed by atoms with van der Waals surface area (Å²) in [4.78, 5) is -0.537. The third-order valence-electron chi connectivity index (χ3n) is 2.71. The molecule has 4 nitrogen and oxygen atoms in total. The van der Waals surface area contributed by atoms with Crippen LogP contribution in [-0.4, -0.2) is 20.8 Å². The molecule has 1 aromatic carbocycles. The van der Waals surface area contributed by atoms with Gasteiger partial charge in [0, 0.05) is 6.04 Å². The van der Waals surface area contributed by atoms with Crippen LogP contribution in [0.2, 0.25) is 0 Å². The minimum atomic E-state index is -4.95. The minimum absolute atomic E-state index is 0.000437. The van der Waals surface area contributed by atoms with Gasteiger partial charge in [0.05, 0.1) is 0 Å². The normalized spacial score (nSPS) is 14.3. The van der Waals surface area contributed by atoms with Crippen LogP contribution in [0, 0.1) is 5.92 Å². The number of rotatable bonds is 5. The first kappa shape index (κ1) is 16.8. The van der Waals surface area contributed by atoms with Gasteiger partial charge in [0.2, 0.25) is 10.0 Å². The van der Waals surface area contributed by atoms with Gasteiger partial charge in [0.1, 0.15) is 10.6 Å². The Bertz CT molecular complexity index is 555. The van der Waals surface area contributed by atoms with Gasteiger partial charge in [-0.3, -0.25) is 0 Å². The molecular formula is C12H16F3NO3S. The molecule has 1 rings (SSSR count). The fraction of sp³-hybridized carbons (Fsp3) is 0.500. The third kappa shape index (κ3) is 4.68. The largest absolute Gasteiger partial charge is 0.573 e. The maximum atomic E-state index is 12.3. The van der Waals surface area contributed by atoms with Crippen LogP contribution in [0.3, 0.4) is 0 Å². The van der Waals surface area contributed by atoms with Crippen molar-refractivity contribution >= 4 is 10.0 Å². The molecule has 1 N–H and O–H groups in total. The van der Waals surface area contributed by atoms with E-state index >= 15 is 0 Å². The van der Waals surface area contributed by atoms with E-state index in [-0.39, 0.29) is 5.92 Å². The van der Waals surface area contributed by atoms with Crippen molar-refractivity contribution in [2.45, 2.75) is 38.1 Å². The maximum Gasteiger partial charge on any atom is 0.573 e. The lowest BCUT2D eigenvalue weighted by atomic mass is 10.1. The number of halogens is 3. The van der Waals surface area contributed by atoms with Crippen molar-refractivity contribution in [3.63, 3.8) is 0 Å². The summed E-state index contributed by atoms with van der Waals surface area (Å²) >= 11 is 0. The van der Waals surface area contributed by atoms with Gasteiger partial charge in [0.15, 0.2) is 0 Å². The summed E-state index contributed by atoms with van der Waals surface area (Å²) in [5.74, 6) is -0.746. The fourth-order valence-electron chi connectivity index (χ4n) is 1.33. The lowest BCUT2D eigenvalue weighted by Crippen LogP contribution is -2.36. The number of alkyl halides is 3. The predicted octanol–water partition coefficient (Wildman–Crippen LogP) is 2.91. The first-order valence-electron chi connectivity index (χ1n) is 5.90. The lowest BCUT2D eigenvalue weighted by molar-refractivity contribution is -0.275. The highest BCUT2D eigenvalue weighted by Crippen LogP contribution is 2.29. The first-order valence-corrected chi connectivity index (χ1v) is 7.38. The Kier molecular flexibility index (Phi) is 5.04. The molecule has 0 aliphatic rings. The Morgan fingerprint density at radius 2 is 1.70 bits per heavy atom. The molecule has 0 aliphatic heterocycles. The molecule has 20 heavy (non-hydrogen) atoms. The van der Waals surface area contributed by atoms with E-state index in [9.17, 15) is 21.6 Å². The van der Waals surface area contributed by atoms with E-state index in [1.54, 1.807) is 20.8 Å². The van der Waals surface area contributed by atoms with Crippen molar-refractivity contribution in [3.05, 3.63) is 24.3 Å². The molecular weight excluding hydrogens is 295 g/mol. The van der Waals surface area contributed by atoms with Gasteiger partial charge in [-0.15, -0.1) is 13.2 Å². The van der Waals surface area contributed by atoms with Crippen LogP contribution < -0.4 is 9.46 Å². The van der Waals surface area contributed by atoms with Crippen molar-refractivity contribution in [2.75, 3.05) is 0 Å². The van der Waals surface area contributed by atoms with Gasteiger partial charge in [0.25, 0.3) is 0 Å². The molecule has 1 atom stereocenters. The molecule has 1 unspecified atom stereocenters. The molecule has 0 amide bonds. The summed E-state index contributed by atoms with van der Waals surface area (Å²) in [6, 6.07) is 4.21. The summed E-state index contributed by atoms with van der Waals surface area (Å²) in [5.41, 5.74) is 0. The highest BCUT2D eigenvalue weighted by molar-refractivity contribution is 7.89. The average molecular weight is 311 g/mol. The molecule has 0 aromatic heterocycles. The van der Waals surface area contributed by atoms with E-state index in [1.165, 1.54) is 12.1 Å². The van der Waals surface area contributed by atoms with Crippen molar-refractivity contribution in [1.82, 2.24) is 4.72 Å². The molecule has 0 aliphatic carbocycles. The number of nitrogens with one attached hydrogen (secondary N) is 1. The van der Waals surface area contributed by atoms with Crippen molar-refractivity contribution < 1.29 is 26.3 Å². The summed E-state index contributed by atoms with van der Waals surface area (Å²) in [6.45, 7) is 5.23. The Morgan fingerprint density at radius 3 is 2.20 bits per heavy atom. The van der Waals surface area contributed by atoms with E-state index in [0.29, 0.717) is 0 Å². The van der Waals surface area contributed by atoms with Gasteiger partial charge >= 0.3 is 6.36 Å². The SMILES string of the molecule is CC(C)C(C)NS(=O)(=O)c1ccccc1OC(F)(F)F. The van der Waals surface area contributed by atoms with E-state index in [1.807, 2.05) is 0 Å². The highest BCUT2D eigenvalue weighted by Gasteiger charge is 2.34. The lowest BCUT2D eigenvalue weighted by Gasteiger charge is -2.19. The van der Waals surface area contributed by atoms with Gasteiger partial charge in [-0.2, -0.15) is 0 Å². The molecule has 0 heterocycles. The predicted molar refractivity (Wildman–Crippen MR) is 67.7 cm³/mol. The van der Waals surface area contributed by atoms with E-state index in [0.717, 1.165) is 12.1 Å². The van der Waals surface area contributed by atoms with E-state index < -0.39 is 33.1 Å². The van der Waals surface area contributed by atoms with Gasteiger partial charge in [-0.25, -0.2) is 13.1 Å². The molecule has 0 fully saturated rings. The highest BCUT2D eigenvalue weighted by atomic mass is 32.2. The van der Waals surface area contributed by atoms with Crippen LogP contribution in [0.4, 0.5) is 13.2 Å². The number of sulfonamides is 1. The second-order valence-corrected chi connectivity index (χ2v) is 6.33. The maximum absolute atomic E-state index is 12.3. The molecule has 0 spiro atoms. The number of para-hydroxylation sites is 1. The van der Waals surface area contributed by atoms with Gasteiger partial charge in [-0.1, -0.05) is 26.0 Å². The van der Waals surface area contributed by atoms with Crippen molar-refractivity contribution in [1.29, 1.82) is 0 Å². The van der Waals surface area contributed by atoms with Crippen molar-refractivity contribution in [3.8, 4) is 5.75 Å². The molecule has 8 heteroatoms. The molecule has 0 bridgehead atoms. The molecule has 0 saturated carbocycles. The zero-order valence-electron chi connectivity index (χ0n) is 11.2. The Hall–Kier alpha value is -1.28. The van der Waals surface area contributed by atoms with Gasteiger partial charge in [-0.05, 0) is 25.0 Å². The third-order valence-corrected chi connectivity index (χ3v) is 4.30. The van der Waals surface area contributed by atoms with Crippen LogP contribution in [0.25, 0.3) is 0 Å². The molecule has 0 radical (unpaired) electrons. The second kappa shape index (κ2) is 6.01. The Morgan fingerprint density at radius 1 is 1.15 bits per heavy atom. The zero-order chi connectivity index (χ0) is 15.6. The number of hydrogen-bond donors (Lipinski definition) is 1. The standard InChI is InChI=1S/C12H16F3NO3S/c1-8(2)9(3)16-20(17,18)11-7-5-4-6-10(11)19-12(13,14)15/h4-9,16H,1-3H3. The monoisotopic (exact) mass is 311 g/mol. The first-order chi connectivity index (χ1) is 9.03. The second-order valence-electron chi connectivity index (χ2n) is 4.65. The molecule has 114 valence electrons. The zero-order valence-corrected chi connectivity index (χ0v) is 12.0. The number of benzene rings is 1. The topological polar surface area (TPSA) is 55.4 Å². The fourth-order valence-corrected chi connectivity index (χ4v) is 2.85. The summed E-state index contributed by atoms with van der Waals surface area (Å²) < 4.78 is 67.0.